The van der Waals surface area contributed by atoms with E-state index in [4.69, 9.17) is 26.4 Å². The Kier molecular flexibility index (Phi) is 8.13. The van der Waals surface area contributed by atoms with Crippen molar-refractivity contribution in [2.24, 2.45) is 0 Å². The highest BCUT2D eigenvalue weighted by atomic mass is 32.1. The van der Waals surface area contributed by atoms with Gasteiger partial charge < -0.3 is 19.5 Å². The molecule has 2 heterocycles. The van der Waals surface area contributed by atoms with E-state index in [0.717, 1.165) is 11.3 Å². The maximum absolute atomic E-state index is 12.6. The molecule has 31 heavy (non-hydrogen) atoms. The van der Waals surface area contributed by atoms with Crippen LogP contribution in [-0.4, -0.2) is 52.6 Å². The summed E-state index contributed by atoms with van der Waals surface area (Å²) in [4.78, 5) is 16.7. The van der Waals surface area contributed by atoms with Crippen LogP contribution in [0.4, 0.5) is 5.69 Å². The molecule has 0 aliphatic carbocycles. The maximum Gasteiger partial charge on any atom is 0.237 e. The van der Waals surface area contributed by atoms with E-state index < -0.39 is 0 Å². The second-order valence-electron chi connectivity index (χ2n) is 6.46. The number of aromatic amines is 1. The molecule has 0 saturated heterocycles. The number of amides is 1. The van der Waals surface area contributed by atoms with Gasteiger partial charge in [-0.1, -0.05) is 0 Å². The molecule has 0 atom stereocenters. The zero-order chi connectivity index (χ0) is 22.1. The molecular weight excluding hydrogens is 418 g/mol. The number of methoxy groups -OCH3 is 1. The largest absolute Gasteiger partial charge is 0.494 e. The van der Waals surface area contributed by atoms with Crippen LogP contribution in [0.2, 0.25) is 0 Å². The van der Waals surface area contributed by atoms with Crippen molar-refractivity contribution in [3.8, 4) is 23.0 Å². The predicted octanol–water partition coefficient (Wildman–Crippen LogP) is 3.46. The number of rotatable bonds is 11. The van der Waals surface area contributed by atoms with Gasteiger partial charge >= 0.3 is 0 Å². The number of benzene rings is 1. The highest BCUT2D eigenvalue weighted by molar-refractivity contribution is 7.71. The molecule has 1 aromatic carbocycles. The smallest absolute Gasteiger partial charge is 0.237 e. The SMILES string of the molecule is CCOc1ccc(-c2n[nH]c(=S)n2CCC(=O)Nc2cccnc2OCCOC)cc1. The van der Waals surface area contributed by atoms with Crippen LogP contribution in [0, 0.1) is 4.77 Å². The quantitative estimate of drug-likeness (QED) is 0.346. The molecule has 0 radical (unpaired) electrons. The molecule has 0 saturated carbocycles. The average Bonchev–Trinajstić information content (AvgIpc) is 3.15. The molecule has 9 nitrogen and oxygen atoms in total. The van der Waals surface area contributed by atoms with Crippen LogP contribution in [0.1, 0.15) is 13.3 Å². The summed E-state index contributed by atoms with van der Waals surface area (Å²) in [6.07, 6.45) is 1.80. The van der Waals surface area contributed by atoms with Gasteiger partial charge in [-0.05, 0) is 55.5 Å². The van der Waals surface area contributed by atoms with Crippen LogP contribution in [0.5, 0.6) is 11.6 Å². The average molecular weight is 444 g/mol. The molecule has 0 aliphatic heterocycles. The second-order valence-corrected chi connectivity index (χ2v) is 6.84. The van der Waals surface area contributed by atoms with Gasteiger partial charge in [0.15, 0.2) is 10.6 Å². The van der Waals surface area contributed by atoms with Crippen molar-refractivity contribution in [1.82, 2.24) is 19.7 Å². The number of pyridine rings is 1. The number of hydrogen-bond donors (Lipinski definition) is 2. The number of anilines is 1. The summed E-state index contributed by atoms with van der Waals surface area (Å²) in [5, 5.41) is 9.95. The van der Waals surface area contributed by atoms with Crippen molar-refractivity contribution >= 4 is 23.8 Å². The second kappa shape index (κ2) is 11.2. The molecule has 0 spiro atoms. The standard InChI is InChI=1S/C21H25N5O4S/c1-3-29-16-8-6-15(7-9-16)19-24-25-21(31)26(19)12-10-18(27)23-17-5-4-11-22-20(17)30-14-13-28-2/h4-9,11H,3,10,12-14H2,1-2H3,(H,23,27)(H,25,31). The highest BCUT2D eigenvalue weighted by Gasteiger charge is 2.13. The first-order valence-corrected chi connectivity index (χ1v) is 10.3. The van der Waals surface area contributed by atoms with Crippen molar-refractivity contribution in [2.75, 3.05) is 32.2 Å². The van der Waals surface area contributed by atoms with Gasteiger partial charge in [0.25, 0.3) is 0 Å². The maximum atomic E-state index is 12.6. The van der Waals surface area contributed by atoms with Gasteiger partial charge in [-0.3, -0.25) is 14.5 Å². The molecule has 1 amide bonds. The number of nitrogens with one attached hydrogen (secondary N) is 2. The first-order chi connectivity index (χ1) is 15.1. The van der Waals surface area contributed by atoms with E-state index in [1.165, 1.54) is 0 Å². The van der Waals surface area contributed by atoms with Crippen LogP contribution in [0.25, 0.3) is 11.4 Å². The molecule has 3 aromatic rings. The summed E-state index contributed by atoms with van der Waals surface area (Å²) in [5.41, 5.74) is 1.38. The monoisotopic (exact) mass is 443 g/mol. The summed E-state index contributed by atoms with van der Waals surface area (Å²) in [6, 6.07) is 11.0. The minimum atomic E-state index is -0.190. The van der Waals surface area contributed by atoms with Gasteiger partial charge in [0.1, 0.15) is 18.0 Å². The molecule has 3 rings (SSSR count). The molecular formula is C21H25N5O4S. The van der Waals surface area contributed by atoms with Crippen molar-refractivity contribution < 1.29 is 19.0 Å². The van der Waals surface area contributed by atoms with E-state index in [9.17, 15) is 4.79 Å². The summed E-state index contributed by atoms with van der Waals surface area (Å²) in [5.74, 6) is 1.60. The number of aromatic nitrogens is 4. The van der Waals surface area contributed by atoms with E-state index in [1.807, 2.05) is 31.2 Å². The Morgan fingerprint density at radius 3 is 2.74 bits per heavy atom. The summed E-state index contributed by atoms with van der Waals surface area (Å²) < 4.78 is 18.2. The predicted molar refractivity (Wildman–Crippen MR) is 119 cm³/mol. The van der Waals surface area contributed by atoms with E-state index in [-0.39, 0.29) is 12.3 Å². The Balaban J connectivity index is 1.65. The number of hydrogen-bond acceptors (Lipinski definition) is 7. The van der Waals surface area contributed by atoms with Gasteiger partial charge in [-0.25, -0.2) is 4.98 Å². The topological polar surface area (TPSA) is 103 Å². The number of carbonyl (C=O) groups is 1. The summed E-state index contributed by atoms with van der Waals surface area (Å²) in [7, 11) is 1.59. The Morgan fingerprint density at radius 2 is 2.00 bits per heavy atom. The molecule has 0 bridgehead atoms. The van der Waals surface area contributed by atoms with Crippen LogP contribution in [-0.2, 0) is 16.1 Å². The zero-order valence-corrected chi connectivity index (χ0v) is 18.3. The summed E-state index contributed by atoms with van der Waals surface area (Å²) in [6.45, 7) is 3.67. The van der Waals surface area contributed by atoms with Crippen molar-refractivity contribution in [1.29, 1.82) is 0 Å². The fourth-order valence-electron chi connectivity index (χ4n) is 2.86. The van der Waals surface area contributed by atoms with Crippen LogP contribution < -0.4 is 14.8 Å². The van der Waals surface area contributed by atoms with Crippen LogP contribution in [0.15, 0.2) is 42.6 Å². The van der Waals surface area contributed by atoms with Gasteiger partial charge in [0, 0.05) is 31.8 Å². The molecule has 0 fully saturated rings. The number of nitrogens with zero attached hydrogens (tertiary/aromatic N) is 3. The molecule has 0 unspecified atom stereocenters. The lowest BCUT2D eigenvalue weighted by atomic mass is 10.2. The fraction of sp³-hybridized carbons (Fsp3) is 0.333. The van der Waals surface area contributed by atoms with Gasteiger partial charge in [-0.2, -0.15) is 5.10 Å². The molecule has 10 heteroatoms. The minimum absolute atomic E-state index is 0.190. The van der Waals surface area contributed by atoms with Gasteiger partial charge in [-0.15, -0.1) is 0 Å². The van der Waals surface area contributed by atoms with Crippen molar-refractivity contribution in [2.45, 2.75) is 19.9 Å². The fourth-order valence-corrected chi connectivity index (χ4v) is 3.08. The van der Waals surface area contributed by atoms with Crippen LogP contribution >= 0.6 is 12.2 Å². The Labute approximate surface area is 185 Å². The van der Waals surface area contributed by atoms with E-state index in [2.05, 4.69) is 20.5 Å². The first-order valence-electron chi connectivity index (χ1n) is 9.87. The van der Waals surface area contributed by atoms with E-state index >= 15 is 0 Å². The molecule has 2 N–H and O–H groups in total. The van der Waals surface area contributed by atoms with Gasteiger partial charge in [0.05, 0.1) is 13.2 Å². The lowest BCUT2D eigenvalue weighted by Crippen LogP contribution is -2.16. The minimum Gasteiger partial charge on any atom is -0.494 e. The summed E-state index contributed by atoms with van der Waals surface area (Å²) >= 11 is 5.35. The number of carbonyl (C=O) groups excluding carboxylic acids is 1. The van der Waals surface area contributed by atoms with Crippen LogP contribution in [0.3, 0.4) is 0 Å². The van der Waals surface area contributed by atoms with Crippen molar-refractivity contribution in [3.05, 3.63) is 47.4 Å². The molecule has 0 aliphatic rings. The van der Waals surface area contributed by atoms with E-state index in [1.54, 1.807) is 30.0 Å². The third kappa shape index (κ3) is 6.12. The Hall–Kier alpha value is -3.24. The lowest BCUT2D eigenvalue weighted by Gasteiger charge is -2.12. The normalized spacial score (nSPS) is 10.6. The number of ether oxygens (including phenoxy) is 3. The third-order valence-electron chi connectivity index (χ3n) is 4.32. The van der Waals surface area contributed by atoms with Gasteiger partial charge in [0.2, 0.25) is 11.8 Å². The lowest BCUT2D eigenvalue weighted by molar-refractivity contribution is -0.116. The molecule has 164 valence electrons. The Bertz CT molecular complexity index is 1050. The Morgan fingerprint density at radius 1 is 1.19 bits per heavy atom. The van der Waals surface area contributed by atoms with E-state index in [0.29, 0.717) is 48.5 Å². The van der Waals surface area contributed by atoms with Crippen molar-refractivity contribution in [3.63, 3.8) is 0 Å². The third-order valence-corrected chi connectivity index (χ3v) is 4.63. The first kappa shape index (κ1) is 22.4. The highest BCUT2D eigenvalue weighted by Crippen LogP contribution is 2.23. The molecule has 2 aromatic heterocycles. The number of H-pyrrole nitrogens is 1. The zero-order valence-electron chi connectivity index (χ0n) is 17.5.